The number of methoxy groups -OCH3 is 1. The first-order valence-corrected chi connectivity index (χ1v) is 4.88. The van der Waals surface area contributed by atoms with Gasteiger partial charge in [0.05, 0.1) is 19.0 Å². The quantitative estimate of drug-likeness (QED) is 0.753. The first kappa shape index (κ1) is 10.5. The third kappa shape index (κ3) is 1.85. The lowest BCUT2D eigenvalue weighted by Crippen LogP contribution is -2.53. The van der Waals surface area contributed by atoms with Gasteiger partial charge < -0.3 is 10.5 Å². The van der Waals surface area contributed by atoms with E-state index in [2.05, 4.69) is 5.43 Å². The molecule has 1 aliphatic rings. The lowest BCUT2D eigenvalue weighted by Gasteiger charge is -2.29. The number of nitrogens with two attached hydrogens (primary N) is 1. The summed E-state index contributed by atoms with van der Waals surface area (Å²) in [7, 11) is 1.49. The fourth-order valence-electron chi connectivity index (χ4n) is 1.46. The number of hydrogen-bond donors (Lipinski definition) is 2. The van der Waals surface area contributed by atoms with E-state index in [4.69, 9.17) is 10.5 Å². The maximum Gasteiger partial charge on any atom is 0.263 e. The van der Waals surface area contributed by atoms with Crippen molar-refractivity contribution in [2.45, 2.75) is 6.04 Å². The van der Waals surface area contributed by atoms with E-state index in [1.807, 2.05) is 30.3 Å². The van der Waals surface area contributed by atoms with Crippen LogP contribution in [0.25, 0.3) is 0 Å². The van der Waals surface area contributed by atoms with E-state index in [-0.39, 0.29) is 5.91 Å². The van der Waals surface area contributed by atoms with Crippen molar-refractivity contribution in [2.75, 3.05) is 12.1 Å². The number of anilines is 1. The summed E-state index contributed by atoms with van der Waals surface area (Å²) in [4.78, 5) is 11.5. The monoisotopic (exact) mass is 219 g/mol. The Morgan fingerprint density at radius 3 is 2.69 bits per heavy atom. The first-order chi connectivity index (χ1) is 7.72. The van der Waals surface area contributed by atoms with Crippen LogP contribution in [-0.4, -0.2) is 19.1 Å². The number of carbonyl (C=O) groups excluding carboxylic acids is 1. The SMILES string of the molecule is COC1=CN(c2ccccc2)NC(=O)C1N. The van der Waals surface area contributed by atoms with Crippen molar-refractivity contribution in [3.05, 3.63) is 42.3 Å². The van der Waals surface area contributed by atoms with Crippen LogP contribution in [0.5, 0.6) is 0 Å². The first-order valence-electron chi connectivity index (χ1n) is 4.88. The van der Waals surface area contributed by atoms with Crippen molar-refractivity contribution in [2.24, 2.45) is 5.73 Å². The Morgan fingerprint density at radius 2 is 2.06 bits per heavy atom. The Morgan fingerprint density at radius 1 is 1.38 bits per heavy atom. The number of rotatable bonds is 2. The summed E-state index contributed by atoms with van der Waals surface area (Å²) in [6.45, 7) is 0. The molecule has 0 bridgehead atoms. The summed E-state index contributed by atoms with van der Waals surface area (Å²) in [6, 6.07) is 8.68. The zero-order valence-corrected chi connectivity index (χ0v) is 8.88. The molecule has 2 rings (SSSR count). The van der Waals surface area contributed by atoms with Crippen molar-refractivity contribution in [3.8, 4) is 0 Å². The second kappa shape index (κ2) is 4.24. The average molecular weight is 219 g/mol. The van der Waals surface area contributed by atoms with E-state index in [9.17, 15) is 4.79 Å². The van der Waals surface area contributed by atoms with Gasteiger partial charge in [-0.25, -0.2) is 0 Å². The number of para-hydroxylation sites is 1. The van der Waals surface area contributed by atoms with Gasteiger partial charge in [0.25, 0.3) is 5.91 Å². The number of hydrazine groups is 1. The van der Waals surface area contributed by atoms with Gasteiger partial charge in [-0.05, 0) is 12.1 Å². The van der Waals surface area contributed by atoms with Gasteiger partial charge in [-0.15, -0.1) is 0 Å². The molecule has 1 aromatic rings. The second-order valence-electron chi connectivity index (χ2n) is 3.39. The van der Waals surface area contributed by atoms with Crippen LogP contribution in [0.4, 0.5) is 5.69 Å². The molecule has 5 nitrogen and oxygen atoms in total. The highest BCUT2D eigenvalue weighted by Gasteiger charge is 2.26. The number of hydrogen-bond acceptors (Lipinski definition) is 4. The smallest absolute Gasteiger partial charge is 0.263 e. The highest BCUT2D eigenvalue weighted by Crippen LogP contribution is 2.17. The summed E-state index contributed by atoms with van der Waals surface area (Å²) in [5.41, 5.74) is 9.15. The largest absolute Gasteiger partial charge is 0.497 e. The Balaban J connectivity index is 2.31. The molecule has 1 heterocycles. The Hall–Kier alpha value is -2.01. The Bertz CT molecular complexity index is 416. The Kier molecular flexibility index (Phi) is 2.78. The molecule has 1 amide bonds. The standard InChI is InChI=1S/C11H13N3O2/c1-16-9-7-14(13-11(15)10(9)12)8-5-3-2-4-6-8/h2-7,10H,12H2,1H3,(H,13,15). The highest BCUT2D eigenvalue weighted by molar-refractivity contribution is 5.87. The third-order valence-electron chi connectivity index (χ3n) is 2.35. The van der Waals surface area contributed by atoms with E-state index in [0.29, 0.717) is 5.76 Å². The van der Waals surface area contributed by atoms with Gasteiger partial charge in [0.1, 0.15) is 11.8 Å². The fourth-order valence-corrected chi connectivity index (χ4v) is 1.46. The number of amides is 1. The predicted octanol–water partition coefficient (Wildman–Crippen LogP) is 0.353. The number of nitrogens with one attached hydrogen (secondary N) is 1. The molecule has 0 fully saturated rings. The van der Waals surface area contributed by atoms with Crippen LogP contribution < -0.4 is 16.2 Å². The van der Waals surface area contributed by atoms with Crippen LogP contribution in [0, 0.1) is 0 Å². The third-order valence-corrected chi connectivity index (χ3v) is 2.35. The molecular weight excluding hydrogens is 206 g/mol. The summed E-state index contributed by atoms with van der Waals surface area (Å²) >= 11 is 0. The number of nitrogens with zero attached hydrogens (tertiary/aromatic N) is 1. The lowest BCUT2D eigenvalue weighted by atomic mass is 10.2. The van der Waals surface area contributed by atoms with Crippen LogP contribution >= 0.6 is 0 Å². The highest BCUT2D eigenvalue weighted by atomic mass is 16.5. The van der Waals surface area contributed by atoms with E-state index >= 15 is 0 Å². The fraction of sp³-hybridized carbons (Fsp3) is 0.182. The molecule has 0 aliphatic carbocycles. The molecule has 1 unspecified atom stereocenters. The van der Waals surface area contributed by atoms with Crippen molar-refractivity contribution in [1.82, 2.24) is 5.43 Å². The minimum absolute atomic E-state index is 0.289. The summed E-state index contributed by atoms with van der Waals surface area (Å²) in [6.07, 6.45) is 1.67. The molecule has 1 aliphatic heterocycles. The number of carbonyl (C=O) groups is 1. The normalized spacial score (nSPS) is 20.1. The van der Waals surface area contributed by atoms with Crippen LogP contribution in [-0.2, 0) is 9.53 Å². The number of benzene rings is 1. The van der Waals surface area contributed by atoms with Crippen molar-refractivity contribution in [1.29, 1.82) is 0 Å². The van der Waals surface area contributed by atoms with E-state index in [1.165, 1.54) is 7.11 Å². The predicted molar refractivity (Wildman–Crippen MR) is 60.1 cm³/mol. The molecule has 0 spiro atoms. The van der Waals surface area contributed by atoms with Gasteiger partial charge in [0.2, 0.25) is 0 Å². The minimum Gasteiger partial charge on any atom is -0.497 e. The van der Waals surface area contributed by atoms with Gasteiger partial charge in [-0.2, -0.15) is 0 Å². The van der Waals surface area contributed by atoms with E-state index < -0.39 is 6.04 Å². The molecule has 1 aromatic carbocycles. The van der Waals surface area contributed by atoms with Crippen molar-refractivity contribution in [3.63, 3.8) is 0 Å². The molecule has 3 N–H and O–H groups in total. The molecular formula is C11H13N3O2. The minimum atomic E-state index is -0.745. The van der Waals surface area contributed by atoms with E-state index in [0.717, 1.165) is 5.69 Å². The molecule has 5 heteroatoms. The zero-order valence-electron chi connectivity index (χ0n) is 8.88. The zero-order chi connectivity index (χ0) is 11.5. The topological polar surface area (TPSA) is 67.6 Å². The van der Waals surface area contributed by atoms with Gasteiger partial charge in [0, 0.05) is 0 Å². The van der Waals surface area contributed by atoms with Crippen molar-refractivity contribution < 1.29 is 9.53 Å². The molecule has 0 saturated carbocycles. The molecule has 1 atom stereocenters. The molecule has 0 aromatic heterocycles. The van der Waals surface area contributed by atoms with Gasteiger partial charge >= 0.3 is 0 Å². The van der Waals surface area contributed by atoms with E-state index in [1.54, 1.807) is 11.2 Å². The van der Waals surface area contributed by atoms with Gasteiger partial charge in [-0.3, -0.25) is 15.2 Å². The lowest BCUT2D eigenvalue weighted by molar-refractivity contribution is -0.122. The molecule has 84 valence electrons. The average Bonchev–Trinajstić information content (AvgIpc) is 2.33. The molecule has 0 radical (unpaired) electrons. The summed E-state index contributed by atoms with van der Waals surface area (Å²) in [5, 5.41) is 1.59. The molecule has 0 saturated heterocycles. The summed E-state index contributed by atoms with van der Waals surface area (Å²) in [5.74, 6) is 0.149. The molecule has 16 heavy (non-hydrogen) atoms. The Labute approximate surface area is 93.5 Å². The van der Waals surface area contributed by atoms with Gasteiger partial charge in [-0.1, -0.05) is 18.2 Å². The van der Waals surface area contributed by atoms with Crippen molar-refractivity contribution >= 4 is 11.6 Å². The van der Waals surface area contributed by atoms with Crippen LogP contribution in [0.1, 0.15) is 0 Å². The van der Waals surface area contributed by atoms with Crippen LogP contribution in [0.3, 0.4) is 0 Å². The maximum atomic E-state index is 11.5. The maximum absolute atomic E-state index is 11.5. The number of ether oxygens (including phenoxy) is 1. The second-order valence-corrected chi connectivity index (χ2v) is 3.39. The van der Waals surface area contributed by atoms with Crippen LogP contribution in [0.2, 0.25) is 0 Å². The van der Waals surface area contributed by atoms with Crippen LogP contribution in [0.15, 0.2) is 42.3 Å². The summed E-state index contributed by atoms with van der Waals surface area (Å²) < 4.78 is 5.06. The van der Waals surface area contributed by atoms with Gasteiger partial charge in [0.15, 0.2) is 0 Å².